The van der Waals surface area contributed by atoms with E-state index in [2.05, 4.69) is 36.4 Å². The summed E-state index contributed by atoms with van der Waals surface area (Å²) in [6, 6.07) is 20.5. The highest BCUT2D eigenvalue weighted by Gasteiger charge is 2.20. The highest BCUT2D eigenvalue weighted by atomic mass is 16.5. The van der Waals surface area contributed by atoms with Gasteiger partial charge in [0.25, 0.3) is 0 Å². The van der Waals surface area contributed by atoms with Crippen LogP contribution in [0.25, 0.3) is 43.1 Å². The second-order valence-electron chi connectivity index (χ2n) is 7.17. The molecule has 0 aliphatic heterocycles. The Bertz CT molecular complexity index is 1220. The van der Waals surface area contributed by atoms with Crippen LogP contribution >= 0.6 is 0 Å². The molecule has 0 N–H and O–H groups in total. The predicted octanol–water partition coefficient (Wildman–Crippen LogP) is 6.33. The molecule has 5 rings (SSSR count). The van der Waals surface area contributed by atoms with Gasteiger partial charge in [-0.3, -0.25) is 0 Å². The summed E-state index contributed by atoms with van der Waals surface area (Å²) in [6.45, 7) is 0. The van der Waals surface area contributed by atoms with Gasteiger partial charge >= 0.3 is 0 Å². The van der Waals surface area contributed by atoms with Crippen molar-refractivity contribution in [2.24, 2.45) is 0 Å². The molecule has 0 fully saturated rings. The summed E-state index contributed by atoms with van der Waals surface area (Å²) in [5.74, 6) is 3.27. The lowest BCUT2D eigenvalue weighted by molar-refractivity contribution is 0.416. The van der Waals surface area contributed by atoms with E-state index in [0.29, 0.717) is 0 Å². The van der Waals surface area contributed by atoms with Crippen LogP contribution in [0.5, 0.6) is 23.0 Å². The Morgan fingerprint density at radius 1 is 0.367 bits per heavy atom. The number of methoxy groups -OCH3 is 4. The van der Waals surface area contributed by atoms with Crippen LogP contribution in [0.2, 0.25) is 0 Å². The van der Waals surface area contributed by atoms with Gasteiger partial charge in [-0.05, 0) is 12.1 Å². The third kappa shape index (κ3) is 2.40. The zero-order chi connectivity index (χ0) is 20.8. The Hall–Kier alpha value is -3.66. The van der Waals surface area contributed by atoms with Crippen molar-refractivity contribution in [1.82, 2.24) is 0 Å². The SMILES string of the molecule is COc1c2ccccc2c(OC)c2cc3c(OC)c4ccccc4c(OC)c3cc12. The first-order valence-electron chi connectivity index (χ1n) is 9.76. The molecular formula is C26H22O4. The molecule has 0 heterocycles. The summed E-state index contributed by atoms with van der Waals surface area (Å²) in [6.07, 6.45) is 0. The topological polar surface area (TPSA) is 36.9 Å². The molecule has 5 aromatic rings. The molecule has 0 aliphatic rings. The van der Waals surface area contributed by atoms with E-state index < -0.39 is 0 Å². The lowest BCUT2D eigenvalue weighted by Gasteiger charge is -2.19. The van der Waals surface area contributed by atoms with Crippen molar-refractivity contribution in [2.75, 3.05) is 28.4 Å². The van der Waals surface area contributed by atoms with E-state index in [1.165, 1.54) is 0 Å². The first-order valence-corrected chi connectivity index (χ1v) is 9.76. The Kier molecular flexibility index (Phi) is 4.28. The quantitative estimate of drug-likeness (QED) is 0.331. The van der Waals surface area contributed by atoms with Crippen LogP contribution in [0.3, 0.4) is 0 Å². The first kappa shape index (κ1) is 18.4. The van der Waals surface area contributed by atoms with Gasteiger partial charge in [-0.2, -0.15) is 0 Å². The van der Waals surface area contributed by atoms with Crippen LogP contribution in [0.1, 0.15) is 0 Å². The van der Waals surface area contributed by atoms with Crippen molar-refractivity contribution < 1.29 is 18.9 Å². The van der Waals surface area contributed by atoms with Crippen molar-refractivity contribution in [3.05, 3.63) is 60.7 Å². The number of benzene rings is 5. The molecule has 150 valence electrons. The fourth-order valence-electron chi connectivity index (χ4n) is 4.57. The lowest BCUT2D eigenvalue weighted by atomic mass is 9.94. The minimum absolute atomic E-state index is 0.817. The average molecular weight is 398 g/mol. The fraction of sp³-hybridized carbons (Fsp3) is 0.154. The molecule has 5 aromatic carbocycles. The monoisotopic (exact) mass is 398 g/mol. The Labute approximate surface area is 174 Å². The maximum Gasteiger partial charge on any atom is 0.134 e. The third-order valence-corrected chi connectivity index (χ3v) is 5.79. The highest BCUT2D eigenvalue weighted by Crippen LogP contribution is 2.49. The molecule has 4 heteroatoms. The van der Waals surface area contributed by atoms with E-state index in [4.69, 9.17) is 18.9 Å². The molecule has 0 amide bonds. The molecule has 0 aromatic heterocycles. The zero-order valence-corrected chi connectivity index (χ0v) is 17.4. The van der Waals surface area contributed by atoms with Gasteiger partial charge in [-0.1, -0.05) is 48.5 Å². The highest BCUT2D eigenvalue weighted by molar-refractivity contribution is 6.19. The molecule has 0 spiro atoms. The minimum Gasteiger partial charge on any atom is -0.495 e. The van der Waals surface area contributed by atoms with Crippen molar-refractivity contribution in [1.29, 1.82) is 0 Å². The van der Waals surface area contributed by atoms with Crippen molar-refractivity contribution in [2.45, 2.75) is 0 Å². The van der Waals surface area contributed by atoms with Crippen molar-refractivity contribution in [3.8, 4) is 23.0 Å². The van der Waals surface area contributed by atoms with Crippen LogP contribution in [-0.4, -0.2) is 28.4 Å². The molecule has 0 saturated carbocycles. The minimum atomic E-state index is 0.817. The summed E-state index contributed by atoms with van der Waals surface area (Å²) in [7, 11) is 6.82. The largest absolute Gasteiger partial charge is 0.495 e. The molecular weight excluding hydrogens is 376 g/mol. The third-order valence-electron chi connectivity index (χ3n) is 5.79. The van der Waals surface area contributed by atoms with Gasteiger partial charge < -0.3 is 18.9 Å². The Morgan fingerprint density at radius 3 is 0.800 bits per heavy atom. The Morgan fingerprint density at radius 2 is 0.600 bits per heavy atom. The predicted molar refractivity (Wildman–Crippen MR) is 123 cm³/mol. The number of hydrogen-bond donors (Lipinski definition) is 0. The summed E-state index contributed by atoms with van der Waals surface area (Å²) in [5.41, 5.74) is 0. The normalized spacial score (nSPS) is 11.3. The lowest BCUT2D eigenvalue weighted by Crippen LogP contribution is -1.96. The van der Waals surface area contributed by atoms with Crippen molar-refractivity contribution >= 4 is 43.1 Å². The van der Waals surface area contributed by atoms with Crippen molar-refractivity contribution in [3.63, 3.8) is 0 Å². The summed E-state index contributed by atoms with van der Waals surface area (Å²) in [4.78, 5) is 0. The average Bonchev–Trinajstić information content (AvgIpc) is 2.79. The van der Waals surface area contributed by atoms with Gasteiger partial charge in [0.2, 0.25) is 0 Å². The van der Waals surface area contributed by atoms with Crippen LogP contribution in [0, 0.1) is 0 Å². The van der Waals surface area contributed by atoms with Crippen LogP contribution in [-0.2, 0) is 0 Å². The van der Waals surface area contributed by atoms with Crippen LogP contribution in [0.15, 0.2) is 60.7 Å². The van der Waals surface area contributed by atoms with E-state index in [0.717, 1.165) is 66.1 Å². The van der Waals surface area contributed by atoms with E-state index in [9.17, 15) is 0 Å². The number of fused-ring (bicyclic) bond motifs is 4. The fourth-order valence-corrected chi connectivity index (χ4v) is 4.57. The van der Waals surface area contributed by atoms with E-state index in [1.54, 1.807) is 28.4 Å². The van der Waals surface area contributed by atoms with Crippen LogP contribution < -0.4 is 18.9 Å². The molecule has 4 nitrogen and oxygen atoms in total. The smallest absolute Gasteiger partial charge is 0.134 e. The molecule has 0 atom stereocenters. The first-order chi connectivity index (χ1) is 14.7. The van der Waals surface area contributed by atoms with Crippen LogP contribution in [0.4, 0.5) is 0 Å². The number of ether oxygens (including phenoxy) is 4. The van der Waals surface area contributed by atoms with E-state index in [1.807, 2.05) is 24.3 Å². The zero-order valence-electron chi connectivity index (χ0n) is 17.4. The maximum atomic E-state index is 5.88. The molecule has 0 aliphatic carbocycles. The summed E-state index contributed by atoms with van der Waals surface area (Å²) >= 11 is 0. The Balaban J connectivity index is 2.09. The molecule has 0 unspecified atom stereocenters. The number of hydrogen-bond acceptors (Lipinski definition) is 4. The van der Waals surface area contributed by atoms with Gasteiger partial charge in [-0.15, -0.1) is 0 Å². The second kappa shape index (κ2) is 6.99. The van der Waals surface area contributed by atoms with Gasteiger partial charge in [0.05, 0.1) is 28.4 Å². The van der Waals surface area contributed by atoms with Gasteiger partial charge in [0, 0.05) is 43.1 Å². The molecule has 0 bridgehead atoms. The molecule has 0 saturated heterocycles. The van der Waals surface area contributed by atoms with E-state index in [-0.39, 0.29) is 0 Å². The number of rotatable bonds is 4. The second-order valence-corrected chi connectivity index (χ2v) is 7.17. The molecule has 30 heavy (non-hydrogen) atoms. The molecule has 0 radical (unpaired) electrons. The van der Waals surface area contributed by atoms with E-state index >= 15 is 0 Å². The summed E-state index contributed by atoms with van der Waals surface area (Å²) < 4.78 is 23.5. The standard InChI is InChI=1S/C26H22O4/c1-27-23-15-9-5-6-10-16(15)24(28-2)20-14-22-21(13-19(20)23)25(29-3)17-11-7-8-12-18(17)26(22)30-4/h5-14H,1-4H3. The van der Waals surface area contributed by atoms with Gasteiger partial charge in [0.15, 0.2) is 0 Å². The van der Waals surface area contributed by atoms with Gasteiger partial charge in [0.1, 0.15) is 23.0 Å². The summed E-state index contributed by atoms with van der Waals surface area (Å²) in [5, 5.41) is 7.91. The maximum absolute atomic E-state index is 5.88. The van der Waals surface area contributed by atoms with Gasteiger partial charge in [-0.25, -0.2) is 0 Å².